The average molecular weight is 428 g/mol. The van der Waals surface area contributed by atoms with Crippen molar-refractivity contribution in [1.82, 2.24) is 9.78 Å². The minimum Gasteiger partial charge on any atom is -0.396 e. The van der Waals surface area contributed by atoms with Crippen molar-refractivity contribution in [3.05, 3.63) is 12.4 Å². The van der Waals surface area contributed by atoms with Gasteiger partial charge in [-0.3, -0.25) is 9.48 Å². The van der Waals surface area contributed by atoms with Crippen molar-refractivity contribution in [1.29, 1.82) is 0 Å². The highest BCUT2D eigenvalue weighted by Gasteiger charge is 2.61. The molecule has 0 radical (unpaired) electrons. The second-order valence-corrected chi connectivity index (χ2v) is 11.9. The molecule has 31 heavy (non-hydrogen) atoms. The van der Waals surface area contributed by atoms with Gasteiger partial charge in [-0.2, -0.15) is 5.10 Å². The van der Waals surface area contributed by atoms with E-state index in [1.165, 1.54) is 51.4 Å². The van der Waals surface area contributed by atoms with E-state index in [0.29, 0.717) is 23.4 Å². The summed E-state index contributed by atoms with van der Waals surface area (Å²) in [5.74, 6) is 4.58. The van der Waals surface area contributed by atoms with Crippen LogP contribution < -0.4 is 5.73 Å². The summed E-state index contributed by atoms with van der Waals surface area (Å²) in [6, 6.07) is 0. The lowest BCUT2D eigenvalue weighted by Gasteiger charge is -2.61. The number of Topliss-reactive ketones (excluding diaryl/α,β-unsaturated/α-hetero) is 1. The van der Waals surface area contributed by atoms with E-state index >= 15 is 0 Å². The van der Waals surface area contributed by atoms with Gasteiger partial charge in [0.1, 0.15) is 0 Å². The zero-order valence-corrected chi connectivity index (χ0v) is 19.7. The minimum atomic E-state index is 0.174. The van der Waals surface area contributed by atoms with E-state index in [1.807, 2.05) is 7.11 Å². The van der Waals surface area contributed by atoms with Crippen LogP contribution in [0.25, 0.3) is 0 Å². The lowest BCUT2D eigenvalue weighted by Crippen LogP contribution is -2.54. The summed E-state index contributed by atoms with van der Waals surface area (Å²) in [7, 11) is 1.85. The van der Waals surface area contributed by atoms with E-state index in [1.54, 1.807) is 17.1 Å². The summed E-state index contributed by atoms with van der Waals surface area (Å²) >= 11 is 0. The van der Waals surface area contributed by atoms with Gasteiger partial charge >= 0.3 is 0 Å². The third-order valence-electron chi connectivity index (χ3n) is 10.5. The lowest BCUT2D eigenvalue weighted by atomic mass is 9.44. The van der Waals surface area contributed by atoms with Gasteiger partial charge in [0.05, 0.1) is 18.4 Å². The summed E-state index contributed by atoms with van der Waals surface area (Å²) in [6.07, 6.45) is 15.1. The maximum atomic E-state index is 13.3. The van der Waals surface area contributed by atoms with Crippen LogP contribution in [0.1, 0.15) is 71.6 Å². The number of methoxy groups -OCH3 is 1. The number of fused-ring (bicyclic) bond motifs is 5. The zero-order valence-electron chi connectivity index (χ0n) is 19.7. The third-order valence-corrected chi connectivity index (χ3v) is 10.5. The number of nitrogen functional groups attached to an aromatic ring is 1. The van der Waals surface area contributed by atoms with Gasteiger partial charge in [0.2, 0.25) is 0 Å². The maximum Gasteiger partial charge on any atom is 0.157 e. The Morgan fingerprint density at radius 1 is 1.13 bits per heavy atom. The monoisotopic (exact) mass is 427 g/mol. The smallest absolute Gasteiger partial charge is 0.157 e. The highest BCUT2D eigenvalue weighted by Crippen LogP contribution is 2.67. The number of aromatic nitrogens is 2. The van der Waals surface area contributed by atoms with Crippen molar-refractivity contribution in [3.8, 4) is 0 Å². The van der Waals surface area contributed by atoms with Crippen LogP contribution in [0.3, 0.4) is 0 Å². The van der Waals surface area contributed by atoms with E-state index in [4.69, 9.17) is 10.5 Å². The van der Waals surface area contributed by atoms with Gasteiger partial charge in [0.15, 0.2) is 5.78 Å². The van der Waals surface area contributed by atoms with E-state index in [0.717, 1.165) is 42.6 Å². The summed E-state index contributed by atoms with van der Waals surface area (Å²) in [4.78, 5) is 13.3. The number of hydrogen-bond donors (Lipinski definition) is 1. The Kier molecular flexibility index (Phi) is 5.47. The molecule has 4 fully saturated rings. The Morgan fingerprint density at radius 2 is 1.90 bits per heavy atom. The molecular formula is C26H41N3O2. The second-order valence-electron chi connectivity index (χ2n) is 11.9. The molecule has 4 aliphatic carbocycles. The standard InChI is InChI=1S/C26H41N3O2/c1-25-10-8-17(16-31-3)12-18(25)4-5-20-21-6-7-23(26(21,2)11-9-22(20)25)24(30)15-29-14-19(27)13-28-29/h13-14,17-18,20-23H,4-12,15-16,27H2,1-3H3/t17?,18?,20?,21?,22?,23-,25+,26?/m1/s1. The molecular weight excluding hydrogens is 386 g/mol. The number of ketones is 1. The topological polar surface area (TPSA) is 70.1 Å². The Balaban J connectivity index is 1.31. The number of carbonyl (C=O) groups excluding carboxylic acids is 1. The van der Waals surface area contributed by atoms with Gasteiger partial charge in [0, 0.05) is 25.8 Å². The quantitative estimate of drug-likeness (QED) is 0.721. The molecule has 4 saturated carbocycles. The Labute approximate surface area is 187 Å². The summed E-state index contributed by atoms with van der Waals surface area (Å²) < 4.78 is 7.23. The highest BCUT2D eigenvalue weighted by molar-refractivity contribution is 5.82. The van der Waals surface area contributed by atoms with Crippen molar-refractivity contribution in [3.63, 3.8) is 0 Å². The first-order valence-corrected chi connectivity index (χ1v) is 12.6. The summed E-state index contributed by atoms with van der Waals surface area (Å²) in [6.45, 7) is 6.39. The van der Waals surface area contributed by atoms with Crippen molar-refractivity contribution in [2.24, 2.45) is 46.3 Å². The van der Waals surface area contributed by atoms with Gasteiger partial charge < -0.3 is 10.5 Å². The van der Waals surface area contributed by atoms with Crippen LogP contribution in [0.2, 0.25) is 0 Å². The number of carbonyl (C=O) groups is 1. The predicted molar refractivity (Wildman–Crippen MR) is 122 cm³/mol. The molecule has 1 aromatic rings. The molecule has 0 bridgehead atoms. The largest absolute Gasteiger partial charge is 0.396 e. The van der Waals surface area contributed by atoms with Crippen LogP contribution in [-0.4, -0.2) is 29.3 Å². The minimum absolute atomic E-state index is 0.174. The second kappa shape index (κ2) is 7.90. The van der Waals surface area contributed by atoms with Crippen LogP contribution in [0.4, 0.5) is 5.69 Å². The average Bonchev–Trinajstić information content (AvgIpc) is 3.30. The number of rotatable bonds is 5. The molecule has 1 aromatic heterocycles. The summed E-state index contributed by atoms with van der Waals surface area (Å²) in [5, 5.41) is 4.25. The molecule has 6 unspecified atom stereocenters. The van der Waals surface area contributed by atoms with Gasteiger partial charge in [-0.1, -0.05) is 13.8 Å². The molecule has 0 saturated heterocycles. The van der Waals surface area contributed by atoms with E-state index in [9.17, 15) is 4.79 Å². The fourth-order valence-corrected chi connectivity index (χ4v) is 9.00. The first-order chi connectivity index (χ1) is 14.8. The molecule has 5 rings (SSSR count). The first-order valence-electron chi connectivity index (χ1n) is 12.6. The van der Waals surface area contributed by atoms with E-state index in [2.05, 4.69) is 18.9 Å². The molecule has 0 aliphatic heterocycles. The fraction of sp³-hybridized carbons (Fsp3) is 0.846. The molecule has 2 N–H and O–H groups in total. The number of nitrogens with zero attached hydrogens (tertiary/aromatic N) is 2. The molecule has 8 atom stereocenters. The molecule has 172 valence electrons. The van der Waals surface area contributed by atoms with Gasteiger partial charge in [-0.25, -0.2) is 0 Å². The zero-order chi connectivity index (χ0) is 21.8. The summed E-state index contributed by atoms with van der Waals surface area (Å²) in [5.41, 5.74) is 7.11. The van der Waals surface area contributed by atoms with Crippen LogP contribution in [-0.2, 0) is 16.1 Å². The normalized spacial score (nSPS) is 44.4. The van der Waals surface area contributed by atoms with Crippen molar-refractivity contribution in [2.75, 3.05) is 19.5 Å². The molecule has 1 heterocycles. The number of nitrogens with two attached hydrogens (primary N) is 1. The molecule has 0 spiro atoms. The van der Waals surface area contributed by atoms with Crippen LogP contribution in [0, 0.1) is 46.3 Å². The maximum absolute atomic E-state index is 13.3. The first kappa shape index (κ1) is 21.5. The number of anilines is 1. The molecule has 0 amide bonds. The molecule has 4 aliphatic rings. The van der Waals surface area contributed by atoms with Crippen LogP contribution >= 0.6 is 0 Å². The van der Waals surface area contributed by atoms with Gasteiger partial charge in [-0.15, -0.1) is 0 Å². The predicted octanol–water partition coefficient (Wildman–Crippen LogP) is 4.96. The lowest BCUT2D eigenvalue weighted by molar-refractivity contribution is -0.138. The fourth-order valence-electron chi connectivity index (χ4n) is 9.00. The molecule has 5 nitrogen and oxygen atoms in total. The third kappa shape index (κ3) is 3.46. The van der Waals surface area contributed by atoms with E-state index < -0.39 is 0 Å². The highest BCUT2D eigenvalue weighted by atomic mass is 16.5. The van der Waals surface area contributed by atoms with Crippen molar-refractivity contribution < 1.29 is 9.53 Å². The molecule has 5 heteroatoms. The van der Waals surface area contributed by atoms with E-state index in [-0.39, 0.29) is 11.3 Å². The Morgan fingerprint density at radius 3 is 2.65 bits per heavy atom. The van der Waals surface area contributed by atoms with Gasteiger partial charge in [0.25, 0.3) is 0 Å². The SMILES string of the molecule is COCC1CC[C@@]2(C)C(CCC3C4CC[C@H](C(=O)Cn5cc(N)cn5)C4(C)CCC32)C1. The van der Waals surface area contributed by atoms with Crippen LogP contribution in [0.5, 0.6) is 0 Å². The Hall–Kier alpha value is -1.36. The number of hydrogen-bond acceptors (Lipinski definition) is 4. The van der Waals surface area contributed by atoms with Gasteiger partial charge in [-0.05, 0) is 98.2 Å². The number of ether oxygens (including phenoxy) is 1. The van der Waals surface area contributed by atoms with Crippen molar-refractivity contribution in [2.45, 2.75) is 78.2 Å². The van der Waals surface area contributed by atoms with Crippen molar-refractivity contribution >= 4 is 11.5 Å². The molecule has 0 aromatic carbocycles. The van der Waals surface area contributed by atoms with Crippen LogP contribution in [0.15, 0.2) is 12.4 Å². The Bertz CT molecular complexity index is 821.